The monoisotopic (exact) mass is 466 g/mol. The van der Waals surface area contributed by atoms with Gasteiger partial charge >= 0.3 is 11.9 Å². The van der Waals surface area contributed by atoms with E-state index in [-0.39, 0.29) is 13.0 Å². The van der Waals surface area contributed by atoms with Crippen LogP contribution in [0.5, 0.6) is 0 Å². The summed E-state index contributed by atoms with van der Waals surface area (Å²) in [7, 11) is 0. The van der Waals surface area contributed by atoms with Gasteiger partial charge in [-0.1, -0.05) is 59.9 Å². The van der Waals surface area contributed by atoms with Gasteiger partial charge in [0.25, 0.3) is 0 Å². The van der Waals surface area contributed by atoms with E-state index in [1.165, 1.54) is 0 Å². The van der Waals surface area contributed by atoms with Crippen molar-refractivity contribution in [3.63, 3.8) is 0 Å². The molecule has 35 heavy (non-hydrogen) atoms. The molecule has 1 heterocycles. The third-order valence-electron chi connectivity index (χ3n) is 5.88. The number of ether oxygens (including phenoxy) is 2. The number of rotatable bonds is 5. The molecule has 5 heteroatoms. The summed E-state index contributed by atoms with van der Waals surface area (Å²) in [5.74, 6) is 5.20. The number of allylic oxidation sites excluding steroid dienone is 1. The molecule has 3 aromatic rings. The van der Waals surface area contributed by atoms with Crippen LogP contribution in [0.25, 0.3) is 11.1 Å². The van der Waals surface area contributed by atoms with Crippen LogP contribution >= 0.6 is 0 Å². The molecule has 1 atom stereocenters. The van der Waals surface area contributed by atoms with E-state index in [2.05, 4.69) is 24.0 Å². The Morgan fingerprint density at radius 2 is 1.49 bits per heavy atom. The van der Waals surface area contributed by atoms with E-state index < -0.39 is 24.1 Å². The number of benzene rings is 3. The fraction of sp³-hybridized carbons (Fsp3) is 0.200. The first-order valence-electron chi connectivity index (χ1n) is 11.3. The van der Waals surface area contributed by atoms with Gasteiger partial charge in [-0.25, -0.2) is 9.59 Å². The topological polar surface area (TPSA) is 72.8 Å². The fourth-order valence-electron chi connectivity index (χ4n) is 3.77. The van der Waals surface area contributed by atoms with Gasteiger partial charge in [-0.3, -0.25) is 0 Å². The molecule has 1 fully saturated rings. The summed E-state index contributed by atoms with van der Waals surface area (Å²) >= 11 is 0. The van der Waals surface area contributed by atoms with Crippen LogP contribution in [0.1, 0.15) is 41.8 Å². The highest BCUT2D eigenvalue weighted by Gasteiger charge is 2.45. The third kappa shape index (κ3) is 5.68. The summed E-state index contributed by atoms with van der Waals surface area (Å²) in [4.78, 5) is 24.5. The minimum absolute atomic E-state index is 0.207. The van der Waals surface area contributed by atoms with Gasteiger partial charge in [-0.15, -0.1) is 0 Å². The van der Waals surface area contributed by atoms with Crippen molar-refractivity contribution in [2.45, 2.75) is 25.9 Å². The number of carbonyl (C=O) groups is 2. The van der Waals surface area contributed by atoms with E-state index in [0.717, 1.165) is 27.8 Å². The van der Waals surface area contributed by atoms with E-state index in [9.17, 15) is 14.7 Å². The molecule has 1 aliphatic rings. The molecule has 5 nitrogen and oxygen atoms in total. The lowest BCUT2D eigenvalue weighted by atomic mass is 9.97. The molecule has 4 rings (SSSR count). The van der Waals surface area contributed by atoms with Gasteiger partial charge < -0.3 is 14.6 Å². The number of carbonyl (C=O) groups excluding carboxylic acids is 2. The van der Waals surface area contributed by atoms with Crippen molar-refractivity contribution in [2.75, 3.05) is 13.2 Å². The number of cyclic esters (lactones) is 1. The van der Waals surface area contributed by atoms with Gasteiger partial charge in [0, 0.05) is 23.1 Å². The maximum atomic E-state index is 12.5. The van der Waals surface area contributed by atoms with Crippen molar-refractivity contribution in [1.29, 1.82) is 0 Å². The minimum atomic E-state index is -1.24. The smallest absolute Gasteiger partial charge is 0.338 e. The Bertz CT molecular complexity index is 1310. The quantitative estimate of drug-likeness (QED) is 0.328. The van der Waals surface area contributed by atoms with Crippen LogP contribution in [0.15, 0.2) is 90.0 Å². The largest absolute Gasteiger partial charge is 0.458 e. The molecule has 1 unspecified atom stereocenters. The zero-order chi connectivity index (χ0) is 24.8. The van der Waals surface area contributed by atoms with Gasteiger partial charge in [0.1, 0.15) is 6.61 Å². The van der Waals surface area contributed by atoms with E-state index in [1.54, 1.807) is 38.1 Å². The molecule has 0 aliphatic carbocycles. The van der Waals surface area contributed by atoms with E-state index in [0.29, 0.717) is 11.1 Å². The molecule has 0 bridgehead atoms. The summed E-state index contributed by atoms with van der Waals surface area (Å²) in [5, 5.41) is 9.77. The van der Waals surface area contributed by atoms with Crippen LogP contribution in [-0.2, 0) is 14.3 Å². The average molecular weight is 467 g/mol. The van der Waals surface area contributed by atoms with Crippen molar-refractivity contribution >= 4 is 11.9 Å². The second-order valence-electron chi connectivity index (χ2n) is 8.73. The molecule has 3 aromatic carbocycles. The van der Waals surface area contributed by atoms with E-state index >= 15 is 0 Å². The summed E-state index contributed by atoms with van der Waals surface area (Å²) in [6.07, 6.45) is 0.207. The van der Waals surface area contributed by atoms with Crippen LogP contribution in [0.4, 0.5) is 0 Å². The molecule has 0 saturated carbocycles. The number of hydrogen-bond acceptors (Lipinski definition) is 5. The lowest BCUT2D eigenvalue weighted by Gasteiger charge is -2.24. The van der Waals surface area contributed by atoms with Crippen molar-refractivity contribution in [1.82, 2.24) is 0 Å². The first kappa shape index (κ1) is 24.0. The molecule has 0 aromatic heterocycles. The molecule has 1 saturated heterocycles. The Labute approximate surface area is 205 Å². The Hall–Kier alpha value is -4.14. The van der Waals surface area contributed by atoms with Crippen molar-refractivity contribution in [2.24, 2.45) is 0 Å². The van der Waals surface area contributed by atoms with Crippen molar-refractivity contribution in [3.05, 3.63) is 107 Å². The van der Waals surface area contributed by atoms with Crippen LogP contribution in [0, 0.1) is 11.8 Å². The first-order chi connectivity index (χ1) is 16.9. The number of esters is 2. The lowest BCUT2D eigenvalue weighted by molar-refractivity contribution is -0.154. The molecule has 0 spiro atoms. The third-order valence-corrected chi connectivity index (χ3v) is 5.88. The fourth-order valence-corrected chi connectivity index (χ4v) is 3.77. The summed E-state index contributed by atoms with van der Waals surface area (Å²) in [5.41, 5.74) is 4.38. The Morgan fingerprint density at radius 1 is 0.914 bits per heavy atom. The maximum Gasteiger partial charge on any atom is 0.338 e. The summed E-state index contributed by atoms with van der Waals surface area (Å²) < 4.78 is 10.7. The predicted molar refractivity (Wildman–Crippen MR) is 133 cm³/mol. The van der Waals surface area contributed by atoms with Gasteiger partial charge in [-0.2, -0.15) is 0 Å². The van der Waals surface area contributed by atoms with Gasteiger partial charge in [0.15, 0.2) is 5.60 Å². The molecular weight excluding hydrogens is 440 g/mol. The zero-order valence-electron chi connectivity index (χ0n) is 19.7. The summed E-state index contributed by atoms with van der Waals surface area (Å²) in [6.45, 7) is 2.97. The maximum absolute atomic E-state index is 12.5. The van der Waals surface area contributed by atoms with E-state index in [4.69, 9.17) is 9.47 Å². The highest BCUT2D eigenvalue weighted by Crippen LogP contribution is 2.33. The Morgan fingerprint density at radius 3 is 2.03 bits per heavy atom. The van der Waals surface area contributed by atoms with E-state index in [1.807, 2.05) is 42.5 Å². The number of aliphatic hydroxyl groups is 1. The predicted octanol–water partition coefficient (Wildman–Crippen LogP) is 4.92. The molecule has 176 valence electrons. The standard InChI is InChI=1S/C30H26O5/c1-21(2)27-18-30(19-31,35-29(27)33)20-34-28(32)26-16-12-23(13-17-26)9-8-22-10-14-25(15-11-22)24-6-4-3-5-7-24/h3-7,10-17,31H,18-20H2,1-2H3. The highest BCUT2D eigenvalue weighted by atomic mass is 16.6. The Kier molecular flexibility index (Phi) is 7.14. The SMILES string of the molecule is CC(C)=C1CC(CO)(COC(=O)c2ccc(C#Cc3ccc(-c4ccccc4)cc3)cc2)OC1=O. The van der Waals surface area contributed by atoms with Gasteiger partial charge in [0.2, 0.25) is 0 Å². The molecule has 0 amide bonds. The molecule has 0 radical (unpaired) electrons. The average Bonchev–Trinajstić information content (AvgIpc) is 3.24. The molecular formula is C30H26O5. The van der Waals surface area contributed by atoms with Crippen LogP contribution in [0.3, 0.4) is 0 Å². The second-order valence-corrected chi connectivity index (χ2v) is 8.73. The van der Waals surface area contributed by atoms with Gasteiger partial charge in [0.05, 0.1) is 12.2 Å². The molecule has 1 N–H and O–H groups in total. The minimum Gasteiger partial charge on any atom is -0.458 e. The second kappa shape index (κ2) is 10.4. The summed E-state index contributed by atoms with van der Waals surface area (Å²) in [6, 6.07) is 25.0. The van der Waals surface area contributed by atoms with Crippen LogP contribution in [0.2, 0.25) is 0 Å². The lowest BCUT2D eigenvalue weighted by Crippen LogP contribution is -2.39. The first-order valence-corrected chi connectivity index (χ1v) is 11.3. The van der Waals surface area contributed by atoms with Crippen LogP contribution < -0.4 is 0 Å². The Balaban J connectivity index is 1.37. The van der Waals surface area contributed by atoms with Gasteiger partial charge in [-0.05, 0) is 61.4 Å². The number of aliphatic hydroxyl groups excluding tert-OH is 1. The van der Waals surface area contributed by atoms with Crippen molar-refractivity contribution in [3.8, 4) is 23.0 Å². The number of hydrogen-bond donors (Lipinski definition) is 1. The van der Waals surface area contributed by atoms with Crippen LogP contribution in [-0.4, -0.2) is 35.9 Å². The molecule has 1 aliphatic heterocycles. The highest BCUT2D eigenvalue weighted by molar-refractivity contribution is 5.92. The normalized spacial score (nSPS) is 16.8. The van der Waals surface area contributed by atoms with Crippen molar-refractivity contribution < 1.29 is 24.2 Å². The zero-order valence-corrected chi connectivity index (χ0v) is 19.7.